The van der Waals surface area contributed by atoms with E-state index in [0.717, 1.165) is 6.07 Å². The van der Waals surface area contributed by atoms with Crippen molar-refractivity contribution in [1.82, 2.24) is 0 Å². The highest BCUT2D eigenvalue weighted by Crippen LogP contribution is 2.36. The quantitative estimate of drug-likeness (QED) is 0.219. The summed E-state index contributed by atoms with van der Waals surface area (Å²) in [5, 5.41) is 7.69. The molecular weight excluding hydrogens is 469 g/mol. The van der Waals surface area contributed by atoms with Crippen LogP contribution in [0, 0.1) is 0 Å². The maximum Gasteiger partial charge on any atom is 0.296 e. The van der Waals surface area contributed by atoms with Crippen molar-refractivity contribution in [3.8, 4) is 5.75 Å². The first-order valence-electron chi connectivity index (χ1n) is 7.72. The van der Waals surface area contributed by atoms with Gasteiger partial charge in [0.1, 0.15) is 16.3 Å². The number of rotatable bonds is 8. The third-order valence-corrected chi connectivity index (χ3v) is 5.79. The predicted molar refractivity (Wildman–Crippen MR) is 108 cm³/mol. The van der Waals surface area contributed by atoms with Gasteiger partial charge < -0.3 is 10.5 Å². The lowest BCUT2D eigenvalue weighted by molar-refractivity contribution is 0.318. The number of azo groups is 1. The molecule has 0 heterocycles. The van der Waals surface area contributed by atoms with Gasteiger partial charge in [0, 0.05) is 6.07 Å². The van der Waals surface area contributed by atoms with Crippen molar-refractivity contribution in [3.05, 3.63) is 40.4 Å². The fraction of sp³-hybridized carbons (Fsp3) is 0.200. The van der Waals surface area contributed by atoms with E-state index in [9.17, 15) is 16.8 Å². The Morgan fingerprint density at radius 3 is 2.31 bits per heavy atom. The van der Waals surface area contributed by atoms with Crippen molar-refractivity contribution in [2.24, 2.45) is 10.2 Å². The summed E-state index contributed by atoms with van der Waals surface area (Å²) in [5.74, 6) is -0.312. The Labute approximate surface area is 176 Å². The zero-order valence-corrected chi connectivity index (χ0v) is 17.6. The zero-order chi connectivity index (χ0) is 21.8. The van der Waals surface area contributed by atoms with Gasteiger partial charge in [-0.3, -0.25) is 9.11 Å². The Hall–Kier alpha value is -1.96. The fourth-order valence-corrected chi connectivity index (χ4v) is 3.73. The summed E-state index contributed by atoms with van der Waals surface area (Å²) in [6.07, 6.45) is 0.0287. The van der Waals surface area contributed by atoms with Crippen LogP contribution in [-0.4, -0.2) is 38.3 Å². The van der Waals surface area contributed by atoms with Crippen LogP contribution >= 0.6 is 23.2 Å². The van der Waals surface area contributed by atoms with Gasteiger partial charge >= 0.3 is 0 Å². The molecule has 0 aliphatic heterocycles. The van der Waals surface area contributed by atoms with E-state index < -0.39 is 30.9 Å². The van der Waals surface area contributed by atoms with Crippen LogP contribution in [0.4, 0.5) is 17.1 Å². The van der Waals surface area contributed by atoms with Gasteiger partial charge in [-0.15, -0.1) is 5.11 Å². The smallest absolute Gasteiger partial charge is 0.296 e. The minimum absolute atomic E-state index is 0.0287. The topological polar surface area (TPSA) is 169 Å². The average Bonchev–Trinajstić information content (AvgIpc) is 2.58. The van der Waals surface area contributed by atoms with Crippen LogP contribution in [-0.2, 0) is 20.2 Å². The summed E-state index contributed by atoms with van der Waals surface area (Å²) in [4.78, 5) is -0.526. The number of halogens is 2. The number of nitrogens with zero attached hydrogens (tertiary/aromatic N) is 2. The maximum atomic E-state index is 11.3. The van der Waals surface area contributed by atoms with Gasteiger partial charge in [0.15, 0.2) is 0 Å². The molecule has 4 N–H and O–H groups in total. The van der Waals surface area contributed by atoms with Gasteiger partial charge in [-0.1, -0.05) is 23.2 Å². The molecule has 0 amide bonds. The first-order chi connectivity index (χ1) is 13.4. The Morgan fingerprint density at radius 1 is 1.00 bits per heavy atom. The molecule has 14 heteroatoms. The van der Waals surface area contributed by atoms with E-state index in [1.54, 1.807) is 0 Å². The number of anilines is 1. The van der Waals surface area contributed by atoms with E-state index in [1.807, 2.05) is 0 Å². The molecule has 0 bridgehead atoms. The molecule has 2 rings (SSSR count). The number of benzene rings is 2. The molecule has 0 atom stereocenters. The molecule has 0 aromatic heterocycles. The highest BCUT2D eigenvalue weighted by Gasteiger charge is 2.15. The summed E-state index contributed by atoms with van der Waals surface area (Å²) < 4.78 is 67.2. The SMILES string of the molecule is Nc1cc(Cl)c(N=Nc2ccc(Cl)c(S(=O)(=O)O)c2)cc1OCCCS(=O)(=O)O. The summed E-state index contributed by atoms with van der Waals surface area (Å²) >= 11 is 11.8. The Morgan fingerprint density at radius 2 is 1.69 bits per heavy atom. The largest absolute Gasteiger partial charge is 0.491 e. The summed E-state index contributed by atoms with van der Waals surface area (Å²) in [7, 11) is -8.64. The van der Waals surface area contributed by atoms with Gasteiger partial charge in [-0.25, -0.2) is 0 Å². The lowest BCUT2D eigenvalue weighted by Crippen LogP contribution is -2.09. The highest BCUT2D eigenvalue weighted by molar-refractivity contribution is 7.86. The van der Waals surface area contributed by atoms with Crippen molar-refractivity contribution in [3.63, 3.8) is 0 Å². The summed E-state index contributed by atoms with van der Waals surface area (Å²) in [6.45, 7) is -0.0445. The van der Waals surface area contributed by atoms with E-state index in [4.69, 9.17) is 42.8 Å². The van der Waals surface area contributed by atoms with Gasteiger partial charge in [-0.2, -0.15) is 21.9 Å². The molecule has 0 unspecified atom stereocenters. The molecule has 158 valence electrons. The number of nitrogen functional groups attached to an aromatic ring is 1. The third kappa shape index (κ3) is 7.10. The van der Waals surface area contributed by atoms with Gasteiger partial charge in [0.25, 0.3) is 20.2 Å². The van der Waals surface area contributed by atoms with Crippen LogP contribution in [0.2, 0.25) is 10.0 Å². The van der Waals surface area contributed by atoms with Gasteiger partial charge in [0.05, 0.1) is 33.8 Å². The van der Waals surface area contributed by atoms with Crippen molar-refractivity contribution in [1.29, 1.82) is 0 Å². The predicted octanol–water partition coefficient (Wildman–Crippen LogP) is 3.89. The molecule has 0 radical (unpaired) electrons. The number of hydrogen-bond donors (Lipinski definition) is 3. The van der Waals surface area contributed by atoms with Crippen molar-refractivity contribution in [2.75, 3.05) is 18.1 Å². The Balaban J connectivity index is 2.22. The molecule has 29 heavy (non-hydrogen) atoms. The first kappa shape index (κ1) is 23.3. The van der Waals surface area contributed by atoms with Crippen molar-refractivity contribution in [2.45, 2.75) is 11.3 Å². The highest BCUT2D eigenvalue weighted by atomic mass is 35.5. The third-order valence-electron chi connectivity index (χ3n) is 3.35. The fourth-order valence-electron chi connectivity index (χ4n) is 2.05. The first-order valence-corrected chi connectivity index (χ1v) is 11.5. The number of hydrogen-bond acceptors (Lipinski definition) is 8. The Bertz CT molecular complexity index is 1150. The van der Waals surface area contributed by atoms with Gasteiger partial charge in [0.2, 0.25) is 0 Å². The summed E-state index contributed by atoms with van der Waals surface area (Å²) in [6, 6.07) is 6.33. The second-order valence-electron chi connectivity index (χ2n) is 5.62. The molecule has 10 nitrogen and oxygen atoms in total. The maximum absolute atomic E-state index is 11.3. The molecule has 2 aromatic carbocycles. The average molecular weight is 484 g/mol. The van der Waals surface area contributed by atoms with Gasteiger partial charge in [-0.05, 0) is 30.7 Å². The van der Waals surface area contributed by atoms with Crippen LogP contribution in [0.25, 0.3) is 0 Å². The van der Waals surface area contributed by atoms with Crippen LogP contribution in [0.1, 0.15) is 6.42 Å². The monoisotopic (exact) mass is 483 g/mol. The van der Waals surface area contributed by atoms with E-state index in [-0.39, 0.29) is 45.9 Å². The molecule has 2 aromatic rings. The zero-order valence-electron chi connectivity index (χ0n) is 14.5. The molecule has 0 spiro atoms. The standard InChI is InChI=1S/C15H15Cl2N3O7S2/c16-10-3-2-9(6-15(10)29(24,25)26)19-20-13-8-14(12(18)7-11(13)17)27-4-1-5-28(21,22)23/h2-3,6-8H,1,4-5,18H2,(H,21,22,23)(H,24,25,26). The van der Waals surface area contributed by atoms with E-state index in [1.165, 1.54) is 24.3 Å². The molecular formula is C15H15Cl2N3O7S2. The van der Waals surface area contributed by atoms with Crippen LogP contribution in [0.15, 0.2) is 45.5 Å². The minimum atomic E-state index is -4.54. The lowest BCUT2D eigenvalue weighted by atomic mass is 10.2. The van der Waals surface area contributed by atoms with E-state index >= 15 is 0 Å². The van der Waals surface area contributed by atoms with Crippen LogP contribution in [0.5, 0.6) is 5.75 Å². The van der Waals surface area contributed by atoms with E-state index in [2.05, 4.69) is 10.2 Å². The van der Waals surface area contributed by atoms with Crippen molar-refractivity contribution < 1.29 is 30.7 Å². The van der Waals surface area contributed by atoms with Crippen molar-refractivity contribution >= 4 is 60.5 Å². The van der Waals surface area contributed by atoms with E-state index in [0.29, 0.717) is 0 Å². The second kappa shape index (κ2) is 9.24. The molecule has 0 aliphatic carbocycles. The lowest BCUT2D eigenvalue weighted by Gasteiger charge is -2.10. The Kier molecular flexibility index (Phi) is 7.43. The minimum Gasteiger partial charge on any atom is -0.491 e. The second-order valence-corrected chi connectivity index (χ2v) is 9.40. The number of nitrogens with two attached hydrogens (primary N) is 1. The molecule has 0 saturated carbocycles. The summed E-state index contributed by atoms with van der Waals surface area (Å²) in [5.41, 5.74) is 6.17. The molecule has 0 aliphatic rings. The molecule has 0 saturated heterocycles. The normalized spacial score (nSPS) is 12.4. The van der Waals surface area contributed by atoms with Crippen LogP contribution in [0.3, 0.4) is 0 Å². The van der Waals surface area contributed by atoms with Crippen LogP contribution < -0.4 is 10.5 Å². The number of ether oxygens (including phenoxy) is 1. The molecule has 0 fully saturated rings.